The number of anilines is 1. The van der Waals surface area contributed by atoms with Crippen molar-refractivity contribution >= 4 is 28.4 Å². The third kappa shape index (κ3) is 3.91. The van der Waals surface area contributed by atoms with Crippen molar-refractivity contribution in [2.75, 3.05) is 25.0 Å². The van der Waals surface area contributed by atoms with Crippen molar-refractivity contribution in [2.24, 2.45) is 0 Å². The lowest BCUT2D eigenvalue weighted by molar-refractivity contribution is -0.129. The number of rotatable bonds is 5. The van der Waals surface area contributed by atoms with Crippen LogP contribution in [0.3, 0.4) is 0 Å². The zero-order valence-electron chi connectivity index (χ0n) is 13.6. The van der Waals surface area contributed by atoms with Gasteiger partial charge in [-0.25, -0.2) is 9.78 Å². The quantitative estimate of drug-likeness (QED) is 0.905. The molecule has 1 aromatic heterocycles. The van der Waals surface area contributed by atoms with E-state index in [9.17, 15) is 9.59 Å². The van der Waals surface area contributed by atoms with Gasteiger partial charge in [0, 0.05) is 32.1 Å². The summed E-state index contributed by atoms with van der Waals surface area (Å²) in [6, 6.07) is 9.77. The molecule has 1 saturated heterocycles. The highest BCUT2D eigenvalue weighted by atomic mass is 32.1. The van der Waals surface area contributed by atoms with E-state index in [1.165, 1.54) is 11.3 Å². The van der Waals surface area contributed by atoms with Crippen molar-refractivity contribution in [1.82, 2.24) is 15.2 Å². The molecule has 1 aromatic carbocycles. The molecule has 1 aliphatic rings. The number of nitrogens with one attached hydrogen (secondary N) is 1. The molecule has 0 saturated carbocycles. The molecule has 7 heteroatoms. The summed E-state index contributed by atoms with van der Waals surface area (Å²) in [5.41, 5.74) is 1.80. The third-order valence-corrected chi connectivity index (χ3v) is 4.78. The zero-order valence-corrected chi connectivity index (χ0v) is 14.4. The number of carbonyl (C=O) groups excluding carboxylic acids is 2. The van der Waals surface area contributed by atoms with Crippen LogP contribution in [0.1, 0.15) is 17.7 Å². The molecular formula is C17H20N4O2S. The molecule has 1 fully saturated rings. The number of thiazole rings is 1. The van der Waals surface area contributed by atoms with Crippen molar-refractivity contribution in [1.29, 1.82) is 0 Å². The lowest BCUT2D eigenvalue weighted by atomic mass is 10.2. The van der Waals surface area contributed by atoms with Crippen molar-refractivity contribution in [3.63, 3.8) is 0 Å². The molecule has 2 heterocycles. The van der Waals surface area contributed by atoms with Crippen molar-refractivity contribution in [3.8, 4) is 0 Å². The van der Waals surface area contributed by atoms with Gasteiger partial charge in [-0.05, 0) is 12.0 Å². The largest absolute Gasteiger partial charge is 0.341 e. The summed E-state index contributed by atoms with van der Waals surface area (Å²) >= 11 is 1.40. The van der Waals surface area contributed by atoms with E-state index in [1.54, 1.807) is 16.8 Å². The Bertz CT molecular complexity index is 716. The smallest absolute Gasteiger partial charge is 0.323 e. The molecule has 126 valence electrons. The fourth-order valence-electron chi connectivity index (χ4n) is 2.55. The molecule has 0 aliphatic carbocycles. The number of hydrogen-bond donors (Lipinski definition) is 1. The zero-order chi connectivity index (χ0) is 16.9. The molecule has 0 radical (unpaired) electrons. The van der Waals surface area contributed by atoms with Crippen LogP contribution in [0.25, 0.3) is 0 Å². The Balaban J connectivity index is 1.59. The van der Waals surface area contributed by atoms with E-state index in [0.29, 0.717) is 30.5 Å². The molecule has 0 unspecified atom stereocenters. The molecule has 6 nitrogen and oxygen atoms in total. The van der Waals surface area contributed by atoms with Gasteiger partial charge in [0.15, 0.2) is 5.13 Å². The van der Waals surface area contributed by atoms with Crippen molar-refractivity contribution in [2.45, 2.75) is 19.4 Å². The second-order valence-electron chi connectivity index (χ2n) is 5.77. The molecule has 0 bridgehead atoms. The Hall–Kier alpha value is -2.41. The average molecular weight is 344 g/mol. The summed E-state index contributed by atoms with van der Waals surface area (Å²) in [4.78, 5) is 32.0. The average Bonchev–Trinajstić information content (AvgIpc) is 3.04. The van der Waals surface area contributed by atoms with Gasteiger partial charge < -0.3 is 10.2 Å². The van der Waals surface area contributed by atoms with Gasteiger partial charge in [0.05, 0.1) is 12.1 Å². The predicted molar refractivity (Wildman–Crippen MR) is 94.1 cm³/mol. The van der Waals surface area contributed by atoms with Gasteiger partial charge in [-0.3, -0.25) is 9.69 Å². The number of carbonyl (C=O) groups is 2. The van der Waals surface area contributed by atoms with Crippen molar-refractivity contribution < 1.29 is 9.59 Å². The first-order valence-electron chi connectivity index (χ1n) is 7.91. The van der Waals surface area contributed by atoms with E-state index < -0.39 is 0 Å². The molecule has 0 atom stereocenters. The van der Waals surface area contributed by atoms with Crippen LogP contribution in [0.15, 0.2) is 35.7 Å². The number of urea groups is 1. The van der Waals surface area contributed by atoms with Crippen LogP contribution in [-0.2, 0) is 17.8 Å². The van der Waals surface area contributed by atoms with Crippen molar-refractivity contribution in [3.05, 3.63) is 47.0 Å². The Morgan fingerprint density at radius 3 is 2.92 bits per heavy atom. The molecular weight excluding hydrogens is 324 g/mol. The molecule has 24 heavy (non-hydrogen) atoms. The molecule has 1 N–H and O–H groups in total. The summed E-state index contributed by atoms with van der Waals surface area (Å²) in [6.45, 7) is 1.95. The second-order valence-corrected chi connectivity index (χ2v) is 6.61. The summed E-state index contributed by atoms with van der Waals surface area (Å²) < 4.78 is 0. The number of hydrogen-bond acceptors (Lipinski definition) is 4. The maximum absolute atomic E-state index is 12.4. The lowest BCUT2D eigenvalue weighted by Gasteiger charge is -2.24. The first-order chi connectivity index (χ1) is 11.6. The first-order valence-corrected chi connectivity index (χ1v) is 8.79. The summed E-state index contributed by atoms with van der Waals surface area (Å²) in [5.74, 6) is 0.0128. The molecule has 3 amide bonds. The van der Waals surface area contributed by atoms with E-state index in [4.69, 9.17) is 0 Å². The lowest BCUT2D eigenvalue weighted by Crippen LogP contribution is -2.46. The number of likely N-dealkylation sites (N-methyl/N-ethyl adjacent to an activating group) is 1. The maximum atomic E-state index is 12.4. The molecule has 0 spiro atoms. The highest BCUT2D eigenvalue weighted by Gasteiger charge is 2.22. The second kappa shape index (κ2) is 7.44. The molecule has 1 aliphatic heterocycles. The summed E-state index contributed by atoms with van der Waals surface area (Å²) in [5, 5.41) is 5.31. The summed E-state index contributed by atoms with van der Waals surface area (Å²) in [7, 11) is 1.79. The Kier molecular flexibility index (Phi) is 5.10. The van der Waals surface area contributed by atoms with Crippen LogP contribution in [0.4, 0.5) is 9.93 Å². The summed E-state index contributed by atoms with van der Waals surface area (Å²) in [6.07, 6.45) is 1.15. The van der Waals surface area contributed by atoms with Gasteiger partial charge in [0.2, 0.25) is 5.91 Å². The number of nitrogens with zero attached hydrogens (tertiary/aromatic N) is 3. The topological polar surface area (TPSA) is 65.5 Å². The number of amides is 3. The first kappa shape index (κ1) is 16.4. The standard InChI is InChI=1S/C17H20N4O2S/c1-20(11-13-6-3-2-4-7-13)15(22)10-14-12-24-17(19-14)21-9-5-8-18-16(21)23/h2-4,6-7,12H,5,8-11H2,1H3,(H,18,23). The van der Waals surface area contributed by atoms with Gasteiger partial charge >= 0.3 is 6.03 Å². The monoisotopic (exact) mass is 344 g/mol. The minimum absolute atomic E-state index is 0.0128. The SMILES string of the molecule is CN(Cc1ccccc1)C(=O)Cc1csc(N2CCCNC2=O)n1. The number of aromatic nitrogens is 1. The highest BCUT2D eigenvalue weighted by molar-refractivity contribution is 7.14. The fourth-order valence-corrected chi connectivity index (χ4v) is 3.40. The third-order valence-electron chi connectivity index (χ3n) is 3.87. The van der Waals surface area contributed by atoms with Gasteiger partial charge in [0.25, 0.3) is 0 Å². The van der Waals surface area contributed by atoms with E-state index in [1.807, 2.05) is 35.7 Å². The van der Waals surface area contributed by atoms with Crippen LogP contribution >= 0.6 is 11.3 Å². The van der Waals surface area contributed by atoms with Gasteiger partial charge in [-0.15, -0.1) is 11.3 Å². The van der Waals surface area contributed by atoms with Gasteiger partial charge in [0.1, 0.15) is 0 Å². The highest BCUT2D eigenvalue weighted by Crippen LogP contribution is 2.22. The van der Waals surface area contributed by atoms with E-state index in [0.717, 1.165) is 12.0 Å². The normalized spacial score (nSPS) is 14.4. The minimum atomic E-state index is -0.116. The van der Waals surface area contributed by atoms with Gasteiger partial charge in [-0.1, -0.05) is 30.3 Å². The van der Waals surface area contributed by atoms with E-state index in [-0.39, 0.29) is 18.4 Å². The van der Waals surface area contributed by atoms with Crippen LogP contribution < -0.4 is 10.2 Å². The Morgan fingerprint density at radius 2 is 2.17 bits per heavy atom. The number of benzene rings is 1. The predicted octanol–water partition coefficient (Wildman–Crippen LogP) is 2.26. The minimum Gasteiger partial charge on any atom is -0.341 e. The van der Waals surface area contributed by atoms with E-state index >= 15 is 0 Å². The molecule has 2 aromatic rings. The van der Waals surface area contributed by atoms with Crippen LogP contribution in [0, 0.1) is 0 Å². The Labute approximate surface area is 145 Å². The van der Waals surface area contributed by atoms with Gasteiger partial charge in [-0.2, -0.15) is 0 Å². The molecule has 3 rings (SSSR count). The maximum Gasteiger partial charge on any atom is 0.323 e. The van der Waals surface area contributed by atoms with Crippen LogP contribution in [0.2, 0.25) is 0 Å². The Morgan fingerprint density at radius 1 is 1.38 bits per heavy atom. The van der Waals surface area contributed by atoms with Crippen LogP contribution in [0.5, 0.6) is 0 Å². The fraction of sp³-hybridized carbons (Fsp3) is 0.353. The van der Waals surface area contributed by atoms with E-state index in [2.05, 4.69) is 10.3 Å². The van der Waals surface area contributed by atoms with Crippen LogP contribution in [-0.4, -0.2) is 42.0 Å².